The Bertz CT molecular complexity index is 684. The number of amides is 1. The van der Waals surface area contributed by atoms with Crippen molar-refractivity contribution in [3.8, 4) is 0 Å². The van der Waals surface area contributed by atoms with Crippen LogP contribution in [-0.2, 0) is 10.3 Å². The molecular formula is C18H20N2O2. The van der Waals surface area contributed by atoms with Crippen LogP contribution in [0.25, 0.3) is 0 Å². The van der Waals surface area contributed by atoms with Gasteiger partial charge in [0.15, 0.2) is 5.54 Å². The quantitative estimate of drug-likeness (QED) is 0.844. The minimum atomic E-state index is -1.09. The van der Waals surface area contributed by atoms with Crippen LogP contribution in [0.1, 0.15) is 25.8 Å². The highest BCUT2D eigenvalue weighted by molar-refractivity contribution is 6.07. The number of hydrogen-bond acceptors (Lipinski definition) is 3. The van der Waals surface area contributed by atoms with E-state index in [2.05, 4.69) is 19.2 Å². The van der Waals surface area contributed by atoms with Gasteiger partial charge in [0.05, 0.1) is 5.69 Å². The molecule has 0 saturated heterocycles. The summed E-state index contributed by atoms with van der Waals surface area (Å²) in [6, 6.07) is 16.7. The summed E-state index contributed by atoms with van der Waals surface area (Å²) in [6.07, 6.45) is 0.529. The fraction of sp³-hybridized carbons (Fsp3) is 0.278. The molecule has 0 radical (unpaired) electrons. The number of fused-ring (bicyclic) bond motifs is 1. The maximum absolute atomic E-state index is 12.8. The first-order chi connectivity index (χ1) is 10.6. The van der Waals surface area contributed by atoms with E-state index in [-0.39, 0.29) is 11.8 Å². The molecule has 1 atom stereocenters. The molecule has 4 heteroatoms. The smallest absolute Gasteiger partial charge is 0.257 e. The molecule has 1 heterocycles. The summed E-state index contributed by atoms with van der Waals surface area (Å²) in [5, 5.41) is 14.9. The van der Waals surface area contributed by atoms with E-state index in [0.29, 0.717) is 12.1 Å². The van der Waals surface area contributed by atoms with E-state index in [1.54, 1.807) is 12.1 Å². The molecule has 0 unspecified atom stereocenters. The van der Waals surface area contributed by atoms with Gasteiger partial charge in [-0.05, 0) is 30.5 Å². The van der Waals surface area contributed by atoms with Gasteiger partial charge >= 0.3 is 0 Å². The minimum absolute atomic E-state index is 0.186. The Labute approximate surface area is 130 Å². The highest BCUT2D eigenvalue weighted by atomic mass is 16.5. The molecule has 1 amide bonds. The zero-order valence-electron chi connectivity index (χ0n) is 12.8. The molecule has 2 aromatic rings. The Morgan fingerprint density at radius 2 is 1.73 bits per heavy atom. The fourth-order valence-electron chi connectivity index (χ4n) is 3.18. The number of carbonyl (C=O) groups is 1. The summed E-state index contributed by atoms with van der Waals surface area (Å²) in [5.41, 5.74) is 1.10. The largest absolute Gasteiger partial charge is 0.323 e. The van der Waals surface area contributed by atoms with E-state index in [9.17, 15) is 10.0 Å². The molecule has 0 fully saturated rings. The molecule has 0 aromatic heterocycles. The van der Waals surface area contributed by atoms with Gasteiger partial charge in [0.1, 0.15) is 0 Å². The van der Waals surface area contributed by atoms with Gasteiger partial charge in [-0.25, -0.2) is 5.06 Å². The molecule has 4 nitrogen and oxygen atoms in total. The van der Waals surface area contributed by atoms with Crippen molar-refractivity contribution in [1.29, 1.82) is 0 Å². The van der Waals surface area contributed by atoms with Crippen LogP contribution in [0.2, 0.25) is 0 Å². The molecule has 2 aromatic carbocycles. The van der Waals surface area contributed by atoms with Crippen LogP contribution < -0.4 is 10.4 Å². The van der Waals surface area contributed by atoms with E-state index >= 15 is 0 Å². The Balaban J connectivity index is 2.16. The van der Waals surface area contributed by atoms with Crippen molar-refractivity contribution in [2.24, 2.45) is 5.92 Å². The van der Waals surface area contributed by atoms with Crippen molar-refractivity contribution in [3.63, 3.8) is 0 Å². The topological polar surface area (TPSA) is 52.6 Å². The van der Waals surface area contributed by atoms with Gasteiger partial charge in [-0.1, -0.05) is 50.2 Å². The van der Waals surface area contributed by atoms with Crippen LogP contribution in [0.4, 0.5) is 11.4 Å². The number of nitrogens with zero attached hydrogens (tertiary/aromatic N) is 1. The Hall–Kier alpha value is -2.33. The summed E-state index contributed by atoms with van der Waals surface area (Å²) < 4.78 is 0. The van der Waals surface area contributed by atoms with Crippen molar-refractivity contribution < 1.29 is 10.0 Å². The minimum Gasteiger partial charge on any atom is -0.323 e. The lowest BCUT2D eigenvalue weighted by atomic mass is 9.82. The van der Waals surface area contributed by atoms with E-state index in [1.807, 2.05) is 42.5 Å². The van der Waals surface area contributed by atoms with Gasteiger partial charge < -0.3 is 5.32 Å². The second-order valence-corrected chi connectivity index (χ2v) is 6.11. The molecular weight excluding hydrogens is 276 g/mol. The number of benzene rings is 2. The molecule has 114 valence electrons. The van der Waals surface area contributed by atoms with Crippen molar-refractivity contribution in [2.45, 2.75) is 25.8 Å². The van der Waals surface area contributed by atoms with Crippen LogP contribution in [-0.4, -0.2) is 11.1 Å². The predicted octanol–water partition coefficient (Wildman–Crippen LogP) is 3.78. The van der Waals surface area contributed by atoms with Gasteiger partial charge in [-0.15, -0.1) is 0 Å². The van der Waals surface area contributed by atoms with Crippen molar-refractivity contribution >= 4 is 17.3 Å². The Kier molecular flexibility index (Phi) is 3.62. The highest BCUT2D eigenvalue weighted by Crippen LogP contribution is 2.45. The zero-order chi connectivity index (χ0) is 15.7. The molecule has 0 bridgehead atoms. The average Bonchev–Trinajstić information content (AvgIpc) is 2.80. The summed E-state index contributed by atoms with van der Waals surface area (Å²) >= 11 is 0. The van der Waals surface area contributed by atoms with Crippen LogP contribution in [0.3, 0.4) is 0 Å². The second kappa shape index (κ2) is 5.46. The number of para-hydroxylation sites is 2. The first-order valence-electron chi connectivity index (χ1n) is 7.51. The molecule has 0 spiro atoms. The number of carbonyl (C=O) groups excluding carboxylic acids is 1. The molecule has 1 aliphatic rings. The third kappa shape index (κ3) is 2.16. The van der Waals surface area contributed by atoms with E-state index in [4.69, 9.17) is 0 Å². The predicted molar refractivity (Wildman–Crippen MR) is 86.9 cm³/mol. The van der Waals surface area contributed by atoms with Gasteiger partial charge in [-0.3, -0.25) is 10.0 Å². The monoisotopic (exact) mass is 296 g/mol. The lowest BCUT2D eigenvalue weighted by molar-refractivity contribution is -0.123. The van der Waals surface area contributed by atoms with Gasteiger partial charge in [-0.2, -0.15) is 0 Å². The molecule has 0 saturated carbocycles. The third-order valence-corrected chi connectivity index (χ3v) is 4.06. The molecule has 22 heavy (non-hydrogen) atoms. The third-order valence-electron chi connectivity index (χ3n) is 4.06. The van der Waals surface area contributed by atoms with Gasteiger partial charge in [0.2, 0.25) is 0 Å². The van der Waals surface area contributed by atoms with E-state index in [0.717, 1.165) is 16.3 Å². The lowest BCUT2D eigenvalue weighted by Gasteiger charge is -2.37. The van der Waals surface area contributed by atoms with Crippen molar-refractivity contribution in [3.05, 3.63) is 60.2 Å². The normalized spacial score (nSPS) is 19.9. The zero-order valence-corrected chi connectivity index (χ0v) is 12.8. The highest BCUT2D eigenvalue weighted by Gasteiger charge is 2.51. The van der Waals surface area contributed by atoms with E-state index in [1.165, 1.54) is 0 Å². The average molecular weight is 296 g/mol. The summed E-state index contributed by atoms with van der Waals surface area (Å²) in [5.74, 6) is 0.0593. The van der Waals surface area contributed by atoms with Crippen LogP contribution in [0, 0.1) is 5.92 Å². The summed E-state index contributed by atoms with van der Waals surface area (Å²) in [7, 11) is 0. The van der Waals surface area contributed by atoms with Crippen molar-refractivity contribution in [2.75, 3.05) is 10.4 Å². The van der Waals surface area contributed by atoms with Crippen molar-refractivity contribution in [1.82, 2.24) is 0 Å². The van der Waals surface area contributed by atoms with Gasteiger partial charge in [0.25, 0.3) is 5.91 Å². The van der Waals surface area contributed by atoms with Crippen LogP contribution in [0.5, 0.6) is 0 Å². The number of rotatable bonds is 4. The fourth-order valence-corrected chi connectivity index (χ4v) is 3.18. The first kappa shape index (κ1) is 14.6. The van der Waals surface area contributed by atoms with Gasteiger partial charge in [0, 0.05) is 11.3 Å². The Morgan fingerprint density at radius 3 is 2.41 bits per heavy atom. The second-order valence-electron chi connectivity index (χ2n) is 6.11. The molecule has 2 N–H and O–H groups in total. The summed E-state index contributed by atoms with van der Waals surface area (Å²) in [4.78, 5) is 12.8. The maximum Gasteiger partial charge on any atom is 0.257 e. The maximum atomic E-state index is 12.8. The molecule has 3 rings (SSSR count). The molecule has 0 aliphatic carbocycles. The van der Waals surface area contributed by atoms with Crippen LogP contribution >= 0.6 is 0 Å². The Morgan fingerprint density at radius 1 is 1.09 bits per heavy atom. The number of hydrogen-bond donors (Lipinski definition) is 2. The summed E-state index contributed by atoms with van der Waals surface area (Å²) in [6.45, 7) is 4.10. The number of nitrogens with one attached hydrogen (secondary N) is 1. The number of anilines is 2. The molecule has 1 aliphatic heterocycles. The standard InChI is InChI=1S/C18H20N2O2/c1-13(2)12-18(20(22)14-8-4-3-5-9-14)15-10-6-7-11-16(15)19-17(18)21/h3-11,13,22H,12H2,1-2H3,(H,19,21)/t18-/m1/s1. The lowest BCUT2D eigenvalue weighted by Crippen LogP contribution is -2.50. The van der Waals surface area contributed by atoms with Crippen LogP contribution in [0.15, 0.2) is 54.6 Å². The first-order valence-corrected chi connectivity index (χ1v) is 7.51. The SMILES string of the molecule is CC(C)C[C@]1(N(O)c2ccccc2)C(=O)Nc2ccccc21. The van der Waals surface area contributed by atoms with E-state index < -0.39 is 5.54 Å². The number of hydroxylamine groups is 1.